The van der Waals surface area contributed by atoms with Gasteiger partial charge in [0.1, 0.15) is 11.7 Å². The van der Waals surface area contributed by atoms with Gasteiger partial charge in [-0.15, -0.1) is 0 Å². The van der Waals surface area contributed by atoms with Crippen molar-refractivity contribution in [2.75, 3.05) is 0 Å². The summed E-state index contributed by atoms with van der Waals surface area (Å²) in [4.78, 5) is 23.4. The van der Waals surface area contributed by atoms with Crippen LogP contribution >= 0.6 is 0 Å². The Balaban J connectivity index is 2.77. The largest absolute Gasteiger partial charge is 0.462 e. The molecule has 4 nitrogen and oxygen atoms in total. The fourth-order valence-electron chi connectivity index (χ4n) is 1.88. The summed E-state index contributed by atoms with van der Waals surface area (Å²) >= 11 is 0. The van der Waals surface area contributed by atoms with Gasteiger partial charge in [0.2, 0.25) is 6.17 Å². The number of cyclic esters (lactones) is 1. The minimum Gasteiger partial charge on any atom is -0.462 e. The van der Waals surface area contributed by atoms with Crippen molar-refractivity contribution in [1.29, 1.82) is 0 Å². The first-order valence-corrected chi connectivity index (χ1v) is 6.65. The molecule has 0 aromatic heterocycles. The second-order valence-electron chi connectivity index (χ2n) is 6.35. The molecule has 1 rings (SSSR count). The molecule has 1 aliphatic rings. The summed E-state index contributed by atoms with van der Waals surface area (Å²) in [6, 6.07) is 0. The zero-order chi connectivity index (χ0) is 14.8. The smallest absolute Gasteiger partial charge is 0.341 e. The summed E-state index contributed by atoms with van der Waals surface area (Å²) in [6.45, 7) is 8.84. The summed E-state index contributed by atoms with van der Waals surface area (Å²) in [5.74, 6) is -1.24. The fourth-order valence-corrected chi connectivity index (χ4v) is 1.88. The monoisotopic (exact) mass is 274 g/mol. The van der Waals surface area contributed by atoms with Gasteiger partial charge in [-0.1, -0.05) is 6.92 Å². The minimum absolute atomic E-state index is 0.131. The van der Waals surface area contributed by atoms with E-state index in [9.17, 15) is 14.0 Å². The van der Waals surface area contributed by atoms with Crippen LogP contribution in [0.15, 0.2) is 0 Å². The number of rotatable bonds is 3. The molecule has 1 heterocycles. The van der Waals surface area contributed by atoms with E-state index in [1.54, 1.807) is 27.7 Å². The standard InChI is InChI=1S/C14H23FO4/c1-6-13(2,3)12(17)18-9-7-10(15)11(16)19-14(4,5)8-9/h9-10H,6-8H2,1-5H3. The molecule has 0 amide bonds. The van der Waals surface area contributed by atoms with E-state index in [4.69, 9.17) is 9.47 Å². The molecule has 1 aliphatic heterocycles. The molecule has 0 aliphatic carbocycles. The van der Waals surface area contributed by atoms with Gasteiger partial charge in [0.05, 0.1) is 5.41 Å². The first-order valence-electron chi connectivity index (χ1n) is 6.65. The highest BCUT2D eigenvalue weighted by Crippen LogP contribution is 2.30. The topological polar surface area (TPSA) is 52.6 Å². The molecule has 0 aromatic rings. The lowest BCUT2D eigenvalue weighted by Crippen LogP contribution is -2.34. The van der Waals surface area contributed by atoms with Gasteiger partial charge < -0.3 is 9.47 Å². The van der Waals surface area contributed by atoms with Crippen molar-refractivity contribution in [1.82, 2.24) is 0 Å². The molecule has 0 saturated carbocycles. The zero-order valence-electron chi connectivity index (χ0n) is 12.3. The fraction of sp³-hybridized carbons (Fsp3) is 0.857. The van der Waals surface area contributed by atoms with Crippen LogP contribution in [0.3, 0.4) is 0 Å². The van der Waals surface area contributed by atoms with Crippen molar-refractivity contribution >= 4 is 11.9 Å². The first kappa shape index (κ1) is 15.9. The minimum atomic E-state index is -1.73. The van der Waals surface area contributed by atoms with Gasteiger partial charge in [0, 0.05) is 12.8 Å². The average molecular weight is 274 g/mol. The maximum Gasteiger partial charge on any atom is 0.341 e. The van der Waals surface area contributed by atoms with Crippen molar-refractivity contribution in [3.05, 3.63) is 0 Å². The van der Waals surface area contributed by atoms with Crippen molar-refractivity contribution < 1.29 is 23.5 Å². The summed E-state index contributed by atoms with van der Waals surface area (Å²) < 4.78 is 24.0. The number of esters is 2. The number of carbonyl (C=O) groups is 2. The van der Waals surface area contributed by atoms with Gasteiger partial charge in [-0.2, -0.15) is 0 Å². The van der Waals surface area contributed by atoms with E-state index in [1.165, 1.54) is 0 Å². The number of halogens is 1. The molecule has 1 fully saturated rings. The molecule has 2 unspecified atom stereocenters. The number of alkyl halides is 1. The Kier molecular flexibility index (Phi) is 4.59. The number of ether oxygens (including phenoxy) is 2. The van der Waals surface area contributed by atoms with Gasteiger partial charge in [-0.05, 0) is 34.1 Å². The lowest BCUT2D eigenvalue weighted by Gasteiger charge is -2.28. The van der Waals surface area contributed by atoms with Crippen LogP contribution < -0.4 is 0 Å². The van der Waals surface area contributed by atoms with Crippen LogP contribution in [0, 0.1) is 5.41 Å². The number of hydrogen-bond acceptors (Lipinski definition) is 4. The third-order valence-electron chi connectivity index (χ3n) is 3.53. The number of carbonyl (C=O) groups excluding carboxylic acids is 2. The first-order chi connectivity index (χ1) is 8.57. The van der Waals surface area contributed by atoms with Crippen molar-refractivity contribution in [3.63, 3.8) is 0 Å². The van der Waals surface area contributed by atoms with Crippen LogP contribution in [0.25, 0.3) is 0 Å². The summed E-state index contributed by atoms with van der Waals surface area (Å²) in [5, 5.41) is 0. The zero-order valence-corrected chi connectivity index (χ0v) is 12.3. The Labute approximate surface area is 113 Å². The summed E-state index contributed by atoms with van der Waals surface area (Å²) in [7, 11) is 0. The van der Waals surface area contributed by atoms with Gasteiger partial charge in [-0.25, -0.2) is 9.18 Å². The van der Waals surface area contributed by atoms with Crippen LogP contribution in [0.5, 0.6) is 0 Å². The molecular weight excluding hydrogens is 251 g/mol. The molecule has 5 heteroatoms. The highest BCUT2D eigenvalue weighted by molar-refractivity contribution is 5.77. The van der Waals surface area contributed by atoms with Crippen molar-refractivity contribution in [3.8, 4) is 0 Å². The molecule has 0 spiro atoms. The number of hydrogen-bond donors (Lipinski definition) is 0. The molecule has 0 radical (unpaired) electrons. The predicted molar refractivity (Wildman–Crippen MR) is 68.3 cm³/mol. The molecule has 1 saturated heterocycles. The second kappa shape index (κ2) is 5.47. The lowest BCUT2D eigenvalue weighted by atomic mass is 9.90. The van der Waals surface area contributed by atoms with Crippen LogP contribution in [0.2, 0.25) is 0 Å². The maximum absolute atomic E-state index is 13.6. The quantitative estimate of drug-likeness (QED) is 0.743. The Hall–Kier alpha value is -1.13. The van der Waals surface area contributed by atoms with Gasteiger partial charge in [-0.3, -0.25) is 4.79 Å². The summed E-state index contributed by atoms with van der Waals surface area (Å²) in [6.07, 6.45) is -1.55. The van der Waals surface area contributed by atoms with Crippen LogP contribution in [-0.2, 0) is 19.1 Å². The van der Waals surface area contributed by atoms with E-state index in [2.05, 4.69) is 0 Å². The van der Waals surface area contributed by atoms with E-state index in [0.29, 0.717) is 12.8 Å². The summed E-state index contributed by atoms with van der Waals surface area (Å²) in [5.41, 5.74) is -1.42. The van der Waals surface area contributed by atoms with Crippen LogP contribution in [-0.4, -0.2) is 29.8 Å². The van der Waals surface area contributed by atoms with Crippen molar-refractivity contribution in [2.24, 2.45) is 5.41 Å². The van der Waals surface area contributed by atoms with Gasteiger partial charge in [0.15, 0.2) is 0 Å². The molecule has 0 aromatic carbocycles. The molecule has 0 bridgehead atoms. The van der Waals surface area contributed by atoms with E-state index in [1.807, 2.05) is 6.92 Å². The third-order valence-corrected chi connectivity index (χ3v) is 3.53. The maximum atomic E-state index is 13.6. The predicted octanol–water partition coefficient (Wildman–Crippen LogP) is 2.79. The van der Waals surface area contributed by atoms with Crippen LogP contribution in [0.1, 0.15) is 53.9 Å². The Morgan fingerprint density at radius 1 is 1.53 bits per heavy atom. The van der Waals surface area contributed by atoms with Crippen molar-refractivity contribution in [2.45, 2.75) is 71.8 Å². The SMILES string of the molecule is CCC(C)(C)C(=O)OC1CC(F)C(=O)OC(C)(C)C1. The Morgan fingerprint density at radius 2 is 2.11 bits per heavy atom. The third kappa shape index (κ3) is 4.18. The lowest BCUT2D eigenvalue weighted by molar-refractivity contribution is -0.163. The highest BCUT2D eigenvalue weighted by atomic mass is 19.1. The van der Waals surface area contributed by atoms with E-state index in [0.717, 1.165) is 0 Å². The molecule has 19 heavy (non-hydrogen) atoms. The van der Waals surface area contributed by atoms with Gasteiger partial charge in [0.25, 0.3) is 0 Å². The normalized spacial score (nSPS) is 27.4. The molecule has 0 N–H and O–H groups in total. The van der Waals surface area contributed by atoms with E-state index in [-0.39, 0.29) is 12.4 Å². The average Bonchev–Trinajstić information content (AvgIpc) is 2.35. The van der Waals surface area contributed by atoms with Crippen LogP contribution in [0.4, 0.5) is 4.39 Å². The second-order valence-corrected chi connectivity index (χ2v) is 6.35. The molecule has 110 valence electrons. The Morgan fingerprint density at radius 3 is 2.63 bits per heavy atom. The molecule has 2 atom stereocenters. The van der Waals surface area contributed by atoms with E-state index < -0.39 is 29.3 Å². The Bertz CT molecular complexity index is 362. The highest BCUT2D eigenvalue weighted by Gasteiger charge is 2.40. The van der Waals surface area contributed by atoms with Gasteiger partial charge >= 0.3 is 11.9 Å². The molecular formula is C14H23FO4. The van der Waals surface area contributed by atoms with E-state index >= 15 is 0 Å².